The number of hydrogen-bond donors (Lipinski definition) is 3. The van der Waals surface area contributed by atoms with E-state index in [0.29, 0.717) is 41.4 Å². The number of aromatic nitrogens is 4. The first-order valence-electron chi connectivity index (χ1n) is 10.2. The monoisotopic (exact) mass is 443 g/mol. The third-order valence-electron chi connectivity index (χ3n) is 5.31. The van der Waals surface area contributed by atoms with Crippen LogP contribution in [0, 0.1) is 0 Å². The van der Waals surface area contributed by atoms with Gasteiger partial charge in [-0.1, -0.05) is 13.0 Å². The minimum atomic E-state index is -1.09. The number of aliphatic hydroxyl groups is 2. The fraction of sp³-hybridized carbons (Fsp3) is 0.429. The van der Waals surface area contributed by atoms with Gasteiger partial charge >= 0.3 is 5.97 Å². The number of aliphatic hydroxyl groups excluding tert-OH is 2. The number of hydrogen-bond acceptors (Lipinski definition) is 10. The van der Waals surface area contributed by atoms with Crippen LogP contribution in [0.25, 0.3) is 11.2 Å². The topological polar surface area (TPSA) is 141 Å². The van der Waals surface area contributed by atoms with E-state index in [4.69, 9.17) is 14.2 Å². The molecule has 0 aliphatic carbocycles. The van der Waals surface area contributed by atoms with Crippen LogP contribution in [0.15, 0.2) is 30.9 Å². The Labute approximate surface area is 184 Å². The fourth-order valence-electron chi connectivity index (χ4n) is 3.71. The van der Waals surface area contributed by atoms with Gasteiger partial charge in [-0.05, 0) is 24.1 Å². The predicted octanol–water partition coefficient (Wildman–Crippen LogP) is 1.40. The van der Waals surface area contributed by atoms with Crippen molar-refractivity contribution in [2.45, 2.75) is 51.4 Å². The van der Waals surface area contributed by atoms with Gasteiger partial charge in [-0.2, -0.15) is 0 Å². The molecule has 2 aromatic heterocycles. The Morgan fingerprint density at radius 1 is 1.22 bits per heavy atom. The lowest BCUT2D eigenvalue weighted by Gasteiger charge is -2.16. The summed E-state index contributed by atoms with van der Waals surface area (Å²) >= 11 is 0. The molecular formula is C21H25N5O6. The number of methoxy groups -OCH3 is 1. The Hall–Kier alpha value is -3.28. The van der Waals surface area contributed by atoms with E-state index in [2.05, 4.69) is 20.3 Å². The molecule has 1 aliphatic heterocycles. The zero-order chi connectivity index (χ0) is 22.8. The van der Waals surface area contributed by atoms with E-state index < -0.39 is 30.5 Å². The third-order valence-corrected chi connectivity index (χ3v) is 5.31. The van der Waals surface area contributed by atoms with E-state index in [1.807, 2.05) is 6.92 Å². The first kappa shape index (κ1) is 21.9. The van der Waals surface area contributed by atoms with Crippen LogP contribution in [0.4, 0.5) is 5.82 Å². The van der Waals surface area contributed by atoms with Crippen LogP contribution in [0.1, 0.15) is 32.1 Å². The summed E-state index contributed by atoms with van der Waals surface area (Å²) in [7, 11) is 1.50. The van der Waals surface area contributed by atoms with Crippen molar-refractivity contribution in [3.63, 3.8) is 0 Å². The van der Waals surface area contributed by atoms with Crippen molar-refractivity contribution in [1.29, 1.82) is 0 Å². The zero-order valence-electron chi connectivity index (χ0n) is 17.9. The molecule has 3 heterocycles. The van der Waals surface area contributed by atoms with Gasteiger partial charge in [0, 0.05) is 13.5 Å². The highest BCUT2D eigenvalue weighted by molar-refractivity contribution is 5.82. The molecule has 0 radical (unpaired) electrons. The predicted molar refractivity (Wildman–Crippen MR) is 113 cm³/mol. The number of benzene rings is 1. The highest BCUT2D eigenvalue weighted by Gasteiger charge is 2.43. The quantitative estimate of drug-likeness (QED) is 0.362. The van der Waals surface area contributed by atoms with Crippen molar-refractivity contribution < 1.29 is 29.2 Å². The Morgan fingerprint density at radius 3 is 2.72 bits per heavy atom. The van der Waals surface area contributed by atoms with Gasteiger partial charge in [-0.25, -0.2) is 15.0 Å². The van der Waals surface area contributed by atoms with Crippen molar-refractivity contribution in [1.82, 2.24) is 19.5 Å². The van der Waals surface area contributed by atoms with Crippen molar-refractivity contribution >= 4 is 23.0 Å². The number of imidazole rings is 1. The van der Waals surface area contributed by atoms with Gasteiger partial charge < -0.3 is 29.7 Å². The van der Waals surface area contributed by atoms with Gasteiger partial charge in [0.15, 0.2) is 34.7 Å². The lowest BCUT2D eigenvalue weighted by atomic mass is 10.1. The molecule has 4 rings (SSSR count). The summed E-state index contributed by atoms with van der Waals surface area (Å²) in [5, 5.41) is 23.8. The number of fused-ring (bicyclic) bond motifs is 1. The normalized spacial score (nSPS) is 22.8. The molecule has 11 heteroatoms. The van der Waals surface area contributed by atoms with E-state index in [-0.39, 0.29) is 0 Å². The van der Waals surface area contributed by atoms with Crippen LogP contribution < -0.4 is 14.8 Å². The van der Waals surface area contributed by atoms with Crippen LogP contribution in [0.2, 0.25) is 0 Å². The Bertz CT molecular complexity index is 1120. The molecule has 0 spiro atoms. The van der Waals surface area contributed by atoms with Crippen LogP contribution >= 0.6 is 0 Å². The molecular weight excluding hydrogens is 418 g/mol. The molecule has 4 atom stereocenters. The van der Waals surface area contributed by atoms with E-state index in [1.165, 1.54) is 26.7 Å². The van der Waals surface area contributed by atoms with Crippen LogP contribution in [-0.4, -0.2) is 61.1 Å². The van der Waals surface area contributed by atoms with Crippen molar-refractivity contribution in [3.05, 3.63) is 36.4 Å². The van der Waals surface area contributed by atoms with E-state index in [9.17, 15) is 15.0 Å². The van der Waals surface area contributed by atoms with Crippen molar-refractivity contribution in [2.75, 3.05) is 12.4 Å². The molecule has 32 heavy (non-hydrogen) atoms. The average molecular weight is 443 g/mol. The van der Waals surface area contributed by atoms with Crippen molar-refractivity contribution in [2.24, 2.45) is 0 Å². The number of anilines is 1. The highest BCUT2D eigenvalue weighted by Crippen LogP contribution is 2.33. The largest absolute Gasteiger partial charge is 0.493 e. The van der Waals surface area contributed by atoms with Gasteiger partial charge in [0.25, 0.3) is 0 Å². The number of carbonyl (C=O) groups excluding carboxylic acids is 1. The van der Waals surface area contributed by atoms with E-state index >= 15 is 0 Å². The van der Waals surface area contributed by atoms with Crippen LogP contribution in [0.5, 0.6) is 11.5 Å². The molecule has 3 N–H and O–H groups in total. The first-order chi connectivity index (χ1) is 15.4. The lowest BCUT2D eigenvalue weighted by molar-refractivity contribution is -0.132. The molecule has 1 saturated heterocycles. The standard InChI is InChI=1S/C21H25N5O6/c1-4-13-17(28)18(29)21(32-13)26-10-25-16-19(23-9-24-20(16)26)22-8-12-5-6-14(31-11(2)27)15(7-12)30-3/h5-7,9-10,13,17-18,21,28-29H,4,8H2,1-3H3,(H,22,23,24)/t13-,17?,18+,21-/m1/s1. The Morgan fingerprint density at radius 2 is 2.03 bits per heavy atom. The summed E-state index contributed by atoms with van der Waals surface area (Å²) < 4.78 is 17.8. The molecule has 170 valence electrons. The number of nitrogens with one attached hydrogen (secondary N) is 1. The smallest absolute Gasteiger partial charge is 0.308 e. The second-order valence-electron chi connectivity index (χ2n) is 7.43. The molecule has 11 nitrogen and oxygen atoms in total. The Kier molecular flexibility index (Phi) is 6.21. The number of esters is 1. The molecule has 3 aromatic rings. The van der Waals surface area contributed by atoms with Gasteiger partial charge in [-0.15, -0.1) is 0 Å². The molecule has 0 bridgehead atoms. The van der Waals surface area contributed by atoms with Gasteiger partial charge in [-0.3, -0.25) is 9.36 Å². The minimum absolute atomic E-state index is 0.342. The van der Waals surface area contributed by atoms with Gasteiger partial charge in [0.1, 0.15) is 18.5 Å². The maximum atomic E-state index is 11.2. The second-order valence-corrected chi connectivity index (χ2v) is 7.43. The maximum Gasteiger partial charge on any atom is 0.308 e. The zero-order valence-corrected chi connectivity index (χ0v) is 17.9. The third kappa shape index (κ3) is 4.09. The summed E-state index contributed by atoms with van der Waals surface area (Å²) in [5.41, 5.74) is 1.84. The number of nitrogens with zero attached hydrogens (tertiary/aromatic N) is 4. The summed E-state index contributed by atoms with van der Waals surface area (Å²) in [6, 6.07) is 5.23. The molecule has 1 unspecified atom stereocenters. The maximum absolute atomic E-state index is 11.2. The number of rotatable bonds is 7. The molecule has 0 saturated carbocycles. The highest BCUT2D eigenvalue weighted by atomic mass is 16.6. The van der Waals surface area contributed by atoms with Crippen LogP contribution in [-0.2, 0) is 16.1 Å². The lowest BCUT2D eigenvalue weighted by Crippen LogP contribution is -2.31. The second kappa shape index (κ2) is 9.07. The summed E-state index contributed by atoms with van der Waals surface area (Å²) in [4.78, 5) is 24.2. The van der Waals surface area contributed by atoms with Gasteiger partial charge in [0.05, 0.1) is 19.5 Å². The minimum Gasteiger partial charge on any atom is -0.493 e. The summed E-state index contributed by atoms with van der Waals surface area (Å²) in [5.74, 6) is 0.849. The van der Waals surface area contributed by atoms with Gasteiger partial charge in [0.2, 0.25) is 0 Å². The molecule has 1 fully saturated rings. The summed E-state index contributed by atoms with van der Waals surface area (Å²) in [6.07, 6.45) is 0.155. The van der Waals surface area contributed by atoms with Crippen molar-refractivity contribution in [3.8, 4) is 11.5 Å². The first-order valence-corrected chi connectivity index (χ1v) is 10.2. The van der Waals surface area contributed by atoms with Crippen LogP contribution in [0.3, 0.4) is 0 Å². The number of carbonyl (C=O) groups is 1. The molecule has 0 amide bonds. The van der Waals surface area contributed by atoms with E-state index in [0.717, 1.165) is 5.56 Å². The molecule has 1 aromatic carbocycles. The molecule has 1 aliphatic rings. The SMILES string of the molecule is CC[C@H]1O[C@@H](n2cnc3c(NCc4ccc(OC(C)=O)c(OC)c4)ncnc32)[C@@H](O)C1O. The Balaban J connectivity index is 1.55. The number of ether oxygens (including phenoxy) is 3. The average Bonchev–Trinajstić information content (AvgIpc) is 3.34. The fourth-order valence-corrected chi connectivity index (χ4v) is 3.71. The summed E-state index contributed by atoms with van der Waals surface area (Å²) in [6.45, 7) is 3.61. The van der Waals surface area contributed by atoms with E-state index in [1.54, 1.807) is 22.8 Å².